The molecule has 160 valence electrons. The highest BCUT2D eigenvalue weighted by Crippen LogP contribution is 2.55. The van der Waals surface area contributed by atoms with Gasteiger partial charge in [-0.2, -0.15) is 0 Å². The van der Waals surface area contributed by atoms with E-state index in [4.69, 9.17) is 4.74 Å². The summed E-state index contributed by atoms with van der Waals surface area (Å²) < 4.78 is 5.36. The van der Waals surface area contributed by atoms with Crippen molar-refractivity contribution in [3.63, 3.8) is 0 Å². The van der Waals surface area contributed by atoms with Gasteiger partial charge < -0.3 is 14.6 Å². The summed E-state index contributed by atoms with van der Waals surface area (Å²) in [6.07, 6.45) is 3.18. The Bertz CT molecular complexity index is 957. The highest BCUT2D eigenvalue weighted by molar-refractivity contribution is 5.91. The number of hydrogen-bond acceptors (Lipinski definition) is 4. The number of piperidine rings is 1. The first kappa shape index (κ1) is 20.6. The van der Waals surface area contributed by atoms with Crippen LogP contribution in [0.2, 0.25) is 0 Å². The van der Waals surface area contributed by atoms with Gasteiger partial charge in [0.1, 0.15) is 5.82 Å². The second kappa shape index (κ2) is 7.25. The third-order valence-electron chi connectivity index (χ3n) is 6.97. The van der Waals surface area contributed by atoms with Gasteiger partial charge in [-0.05, 0) is 56.1 Å². The Morgan fingerprint density at radius 2 is 1.90 bits per heavy atom. The van der Waals surface area contributed by atoms with Crippen LogP contribution < -0.4 is 0 Å². The average Bonchev–Trinajstić information content (AvgIpc) is 3.12. The summed E-state index contributed by atoms with van der Waals surface area (Å²) in [5.74, 6) is 0.203. The van der Waals surface area contributed by atoms with Gasteiger partial charge in [-0.1, -0.05) is 32.9 Å². The second-order valence-electron chi connectivity index (χ2n) is 9.98. The molecule has 2 aliphatic rings. The van der Waals surface area contributed by atoms with Gasteiger partial charge in [-0.15, -0.1) is 0 Å². The first-order valence-corrected chi connectivity index (χ1v) is 10.7. The van der Waals surface area contributed by atoms with Crippen molar-refractivity contribution in [3.05, 3.63) is 41.2 Å². The maximum absolute atomic E-state index is 12.8. The summed E-state index contributed by atoms with van der Waals surface area (Å²) >= 11 is 0. The molecule has 1 aliphatic carbocycles. The van der Waals surface area contributed by atoms with Crippen LogP contribution >= 0.6 is 0 Å². The number of carbonyl (C=O) groups is 2. The molecular weight excluding hydrogens is 378 g/mol. The van der Waals surface area contributed by atoms with Gasteiger partial charge in [-0.25, -0.2) is 9.78 Å². The number of aryl methyl sites for hydroxylation is 2. The Labute approximate surface area is 178 Å². The van der Waals surface area contributed by atoms with E-state index in [1.54, 1.807) is 12.1 Å². The average molecular weight is 410 g/mol. The molecule has 30 heavy (non-hydrogen) atoms. The van der Waals surface area contributed by atoms with Crippen LogP contribution in [0, 0.1) is 24.7 Å². The van der Waals surface area contributed by atoms with Crippen LogP contribution in [0.15, 0.2) is 24.3 Å². The lowest BCUT2D eigenvalue weighted by Crippen LogP contribution is -2.49. The highest BCUT2D eigenvalue weighted by Gasteiger charge is 2.53. The first-order valence-electron chi connectivity index (χ1n) is 10.7. The van der Waals surface area contributed by atoms with E-state index in [1.165, 1.54) is 0 Å². The number of hydrogen-bond donors (Lipinski definition) is 1. The van der Waals surface area contributed by atoms with Crippen molar-refractivity contribution in [2.75, 3.05) is 13.2 Å². The van der Waals surface area contributed by atoms with Crippen LogP contribution in [0.1, 0.15) is 61.8 Å². The number of amides is 1. The first-order chi connectivity index (χ1) is 14.1. The van der Waals surface area contributed by atoms with Crippen molar-refractivity contribution in [2.45, 2.75) is 59.9 Å². The molecule has 6 nitrogen and oxygen atoms in total. The Morgan fingerprint density at radius 1 is 1.20 bits per heavy atom. The van der Waals surface area contributed by atoms with Gasteiger partial charge in [0, 0.05) is 23.8 Å². The number of likely N-dealkylation sites (tertiary alicyclic amines) is 1. The number of ether oxygens (including phenoxy) is 1. The molecule has 1 amide bonds. The fourth-order valence-corrected chi connectivity index (χ4v) is 5.34. The third kappa shape index (κ3) is 3.75. The predicted molar refractivity (Wildman–Crippen MR) is 115 cm³/mol. The normalized spacial score (nSPS) is 24.7. The van der Waals surface area contributed by atoms with Crippen LogP contribution in [0.4, 0.5) is 0 Å². The van der Waals surface area contributed by atoms with Crippen molar-refractivity contribution >= 4 is 11.9 Å². The smallest absolute Gasteiger partial charge is 0.338 e. The van der Waals surface area contributed by atoms with Gasteiger partial charge in [0.2, 0.25) is 0 Å². The molecule has 1 aromatic carbocycles. The minimum atomic E-state index is -0.478. The van der Waals surface area contributed by atoms with E-state index < -0.39 is 5.97 Å². The molecule has 1 N–H and O–H groups in total. The van der Waals surface area contributed by atoms with E-state index in [0.29, 0.717) is 11.0 Å². The van der Waals surface area contributed by atoms with Crippen molar-refractivity contribution in [1.82, 2.24) is 14.9 Å². The van der Waals surface area contributed by atoms with Crippen LogP contribution in [-0.2, 0) is 9.53 Å². The Morgan fingerprint density at radius 3 is 2.53 bits per heavy atom. The number of fused-ring (bicyclic) bond motifs is 2. The molecule has 1 aliphatic heterocycles. The Kier molecular flexibility index (Phi) is 4.99. The van der Waals surface area contributed by atoms with Crippen LogP contribution in [0.5, 0.6) is 0 Å². The van der Waals surface area contributed by atoms with Crippen molar-refractivity contribution in [1.29, 1.82) is 0 Å². The van der Waals surface area contributed by atoms with Crippen molar-refractivity contribution in [3.8, 4) is 11.4 Å². The molecule has 2 bridgehead atoms. The molecule has 2 aromatic rings. The molecule has 1 aromatic heterocycles. The molecule has 2 unspecified atom stereocenters. The van der Waals surface area contributed by atoms with Gasteiger partial charge in [0.05, 0.1) is 11.3 Å². The minimum absolute atomic E-state index is 0.0940. The zero-order chi connectivity index (χ0) is 21.7. The summed E-state index contributed by atoms with van der Waals surface area (Å²) in [6.45, 7) is 11.3. The standard InChI is InChI=1S/C24H31N3O3/c1-15-16(2)26-21(25-15)17-6-8-18(9-7-17)22(29)30-13-20(28)27-11-10-24(5)12-19(27)23(3,4)14-24/h6-9,19H,10-14H2,1-5H3,(H,25,26). The maximum atomic E-state index is 12.8. The summed E-state index contributed by atoms with van der Waals surface area (Å²) in [6, 6.07) is 7.32. The van der Waals surface area contributed by atoms with Gasteiger partial charge in [0.15, 0.2) is 6.61 Å². The molecule has 1 saturated carbocycles. The minimum Gasteiger partial charge on any atom is -0.452 e. The van der Waals surface area contributed by atoms with Crippen LogP contribution in [0.3, 0.4) is 0 Å². The molecule has 2 fully saturated rings. The van der Waals surface area contributed by atoms with E-state index in [0.717, 1.165) is 48.6 Å². The number of H-pyrrole nitrogens is 1. The molecule has 0 radical (unpaired) electrons. The number of carbonyl (C=O) groups excluding carboxylic acids is 2. The van der Waals surface area contributed by atoms with Crippen LogP contribution in [0.25, 0.3) is 11.4 Å². The van der Waals surface area contributed by atoms with E-state index in [2.05, 4.69) is 30.7 Å². The lowest BCUT2D eigenvalue weighted by atomic mass is 9.81. The number of aromatic nitrogens is 2. The van der Waals surface area contributed by atoms with Crippen molar-refractivity contribution in [2.24, 2.45) is 10.8 Å². The lowest BCUT2D eigenvalue weighted by Gasteiger charge is -2.40. The molecular formula is C24H31N3O3. The Hall–Kier alpha value is -2.63. The summed E-state index contributed by atoms with van der Waals surface area (Å²) in [4.78, 5) is 34.9. The molecule has 2 atom stereocenters. The van der Waals surface area contributed by atoms with E-state index >= 15 is 0 Å². The molecule has 2 heterocycles. The number of aromatic amines is 1. The van der Waals surface area contributed by atoms with Gasteiger partial charge in [0.25, 0.3) is 5.91 Å². The second-order valence-corrected chi connectivity index (χ2v) is 9.98. The molecule has 1 saturated heterocycles. The maximum Gasteiger partial charge on any atom is 0.338 e. The zero-order valence-electron chi connectivity index (χ0n) is 18.5. The lowest BCUT2D eigenvalue weighted by molar-refractivity contribution is -0.140. The zero-order valence-corrected chi connectivity index (χ0v) is 18.5. The third-order valence-corrected chi connectivity index (χ3v) is 6.97. The monoisotopic (exact) mass is 409 g/mol. The van der Waals surface area contributed by atoms with E-state index in [-0.39, 0.29) is 24.0 Å². The number of benzene rings is 1. The SMILES string of the molecule is Cc1nc(-c2ccc(C(=O)OCC(=O)N3CCC4(C)CC3C(C)(C)C4)cc2)[nH]c1C. The number of rotatable bonds is 4. The molecule has 6 heteroatoms. The van der Waals surface area contributed by atoms with Gasteiger partial charge in [-0.3, -0.25) is 4.79 Å². The molecule has 0 spiro atoms. The summed E-state index contributed by atoms with van der Waals surface area (Å²) in [5, 5.41) is 0. The number of nitrogens with one attached hydrogen (secondary N) is 1. The number of nitrogens with zero attached hydrogens (tertiary/aromatic N) is 2. The molecule has 4 rings (SSSR count). The predicted octanol–water partition coefficient (Wildman–Crippen LogP) is 4.28. The summed E-state index contributed by atoms with van der Waals surface area (Å²) in [5.41, 5.74) is 3.74. The Balaban J connectivity index is 1.37. The fraction of sp³-hybridized carbons (Fsp3) is 0.542. The van der Waals surface area contributed by atoms with Gasteiger partial charge >= 0.3 is 5.97 Å². The quantitative estimate of drug-likeness (QED) is 0.765. The topological polar surface area (TPSA) is 75.3 Å². The van der Waals surface area contributed by atoms with Crippen LogP contribution in [-0.4, -0.2) is 45.9 Å². The summed E-state index contributed by atoms with van der Waals surface area (Å²) in [7, 11) is 0. The highest BCUT2D eigenvalue weighted by atomic mass is 16.5. The largest absolute Gasteiger partial charge is 0.452 e. The van der Waals surface area contributed by atoms with E-state index in [9.17, 15) is 9.59 Å². The van der Waals surface area contributed by atoms with Crippen molar-refractivity contribution < 1.29 is 14.3 Å². The number of esters is 1. The fourth-order valence-electron chi connectivity index (χ4n) is 5.34. The number of imidazole rings is 1. The van der Waals surface area contributed by atoms with E-state index in [1.807, 2.05) is 30.9 Å².